The number of carbonyl (C=O) groups excluding carboxylic acids is 1. The predicted molar refractivity (Wildman–Crippen MR) is 143 cm³/mol. The van der Waals surface area contributed by atoms with Gasteiger partial charge in [0.2, 0.25) is 0 Å². The number of ketones is 1. The third-order valence-corrected chi connectivity index (χ3v) is 7.81. The van der Waals surface area contributed by atoms with Crippen LogP contribution in [-0.2, 0) is 14.3 Å². The molecule has 3 fully saturated rings. The van der Waals surface area contributed by atoms with Gasteiger partial charge < -0.3 is 29.2 Å². The Labute approximate surface area is 229 Å². The fraction of sp³-hybridized carbons (Fsp3) is 0.429. The number of fused-ring (bicyclic) bond motifs is 1. The van der Waals surface area contributed by atoms with Crippen LogP contribution in [0.5, 0.6) is 11.5 Å². The number of nitrogens with zero attached hydrogens (tertiary/aromatic N) is 4. The molecule has 1 N–H and O–H groups in total. The first-order valence-electron chi connectivity index (χ1n) is 13.0. The highest BCUT2D eigenvalue weighted by Gasteiger charge is 2.50. The van der Waals surface area contributed by atoms with Crippen LogP contribution in [0, 0.1) is 17.6 Å². The molecule has 12 heteroatoms. The molecule has 2 aromatic heterocycles. The van der Waals surface area contributed by atoms with Crippen molar-refractivity contribution >= 4 is 28.3 Å². The van der Waals surface area contributed by atoms with Crippen molar-refractivity contribution in [3.05, 3.63) is 42.6 Å². The van der Waals surface area contributed by atoms with Crippen LogP contribution in [0.1, 0.15) is 12.8 Å². The third-order valence-electron chi connectivity index (χ3n) is 7.81. The Balaban J connectivity index is 1.41. The summed E-state index contributed by atoms with van der Waals surface area (Å²) in [5.74, 6) is -1.41. The van der Waals surface area contributed by atoms with Crippen LogP contribution in [-0.4, -0.2) is 79.5 Å². The van der Waals surface area contributed by atoms with E-state index in [1.807, 2.05) is 11.0 Å². The van der Waals surface area contributed by atoms with E-state index >= 15 is 8.78 Å². The standard InChI is InChI=1S/C28H29F2N5O5/c1-4-16(36)7-15-11-39-12-19(15)32-22-8-17-18(10-31-22)33-26(34-27(17)35-13-28(14-35)5-6-40-28)23-24(29)20(37-2)9-21(38-3)25(23)30/h4,8-10,15,19H,1,5-7,11-14H2,2-3H3,(H,31,32)/t15-,19+/m0/s1. The van der Waals surface area contributed by atoms with Gasteiger partial charge in [-0.05, 0) is 12.1 Å². The number of benzene rings is 1. The number of methoxy groups -OCH3 is 2. The van der Waals surface area contributed by atoms with Crippen LogP contribution in [0.2, 0.25) is 0 Å². The number of anilines is 2. The predicted octanol–water partition coefficient (Wildman–Crippen LogP) is 3.54. The van der Waals surface area contributed by atoms with Crippen LogP contribution < -0.4 is 19.7 Å². The Morgan fingerprint density at radius 2 is 1.93 bits per heavy atom. The minimum Gasteiger partial charge on any atom is -0.494 e. The first-order chi connectivity index (χ1) is 19.3. The highest BCUT2D eigenvalue weighted by atomic mass is 19.1. The first kappa shape index (κ1) is 26.3. The second-order valence-corrected chi connectivity index (χ2v) is 10.3. The van der Waals surface area contributed by atoms with Gasteiger partial charge in [0.05, 0.1) is 70.4 Å². The summed E-state index contributed by atoms with van der Waals surface area (Å²) in [5, 5.41) is 4.03. The highest BCUT2D eigenvalue weighted by molar-refractivity contribution is 5.93. The summed E-state index contributed by atoms with van der Waals surface area (Å²) in [7, 11) is 2.58. The van der Waals surface area contributed by atoms with Crippen molar-refractivity contribution in [2.24, 2.45) is 5.92 Å². The van der Waals surface area contributed by atoms with Gasteiger partial charge in [-0.1, -0.05) is 6.58 Å². The molecule has 3 aromatic rings. The van der Waals surface area contributed by atoms with Gasteiger partial charge in [-0.25, -0.2) is 23.7 Å². The van der Waals surface area contributed by atoms with E-state index in [-0.39, 0.29) is 40.7 Å². The van der Waals surface area contributed by atoms with Gasteiger partial charge in [0, 0.05) is 30.2 Å². The summed E-state index contributed by atoms with van der Waals surface area (Å²) in [6.07, 6.45) is 4.12. The molecule has 1 spiro atoms. The van der Waals surface area contributed by atoms with Gasteiger partial charge in [-0.15, -0.1) is 0 Å². The molecule has 210 valence electrons. The van der Waals surface area contributed by atoms with Gasteiger partial charge in [0.25, 0.3) is 0 Å². The molecule has 3 saturated heterocycles. The van der Waals surface area contributed by atoms with Crippen molar-refractivity contribution in [1.29, 1.82) is 0 Å². The molecule has 40 heavy (non-hydrogen) atoms. The van der Waals surface area contributed by atoms with Gasteiger partial charge in [0.1, 0.15) is 17.2 Å². The third kappa shape index (κ3) is 4.50. The van der Waals surface area contributed by atoms with E-state index in [9.17, 15) is 4.79 Å². The van der Waals surface area contributed by atoms with Gasteiger partial charge in [-0.3, -0.25) is 4.79 Å². The summed E-state index contributed by atoms with van der Waals surface area (Å²) in [5.41, 5.74) is -0.259. The lowest BCUT2D eigenvalue weighted by Gasteiger charge is -2.55. The van der Waals surface area contributed by atoms with E-state index < -0.39 is 17.2 Å². The fourth-order valence-corrected chi connectivity index (χ4v) is 5.46. The zero-order valence-electron chi connectivity index (χ0n) is 22.2. The summed E-state index contributed by atoms with van der Waals surface area (Å²) in [4.78, 5) is 27.6. The number of rotatable bonds is 9. The number of halogens is 2. The number of aromatic nitrogens is 3. The Morgan fingerprint density at radius 3 is 2.55 bits per heavy atom. The highest BCUT2D eigenvalue weighted by Crippen LogP contribution is 2.42. The number of pyridine rings is 1. The Hall–Kier alpha value is -3.90. The summed E-state index contributed by atoms with van der Waals surface area (Å²) in [6, 6.07) is 2.83. The minimum atomic E-state index is -0.930. The van der Waals surface area contributed by atoms with Crippen molar-refractivity contribution in [2.45, 2.75) is 24.5 Å². The Morgan fingerprint density at radius 1 is 1.20 bits per heavy atom. The lowest BCUT2D eigenvalue weighted by Crippen LogP contribution is -2.68. The largest absolute Gasteiger partial charge is 0.494 e. The maximum Gasteiger partial charge on any atom is 0.179 e. The molecule has 0 radical (unpaired) electrons. The topological polar surface area (TPSA) is 108 Å². The van der Waals surface area contributed by atoms with E-state index in [1.54, 1.807) is 0 Å². The van der Waals surface area contributed by atoms with Gasteiger partial charge in [-0.2, -0.15) is 0 Å². The average Bonchev–Trinajstić information content (AvgIpc) is 3.33. The van der Waals surface area contributed by atoms with Crippen LogP contribution in [0.25, 0.3) is 22.3 Å². The molecule has 0 saturated carbocycles. The van der Waals surface area contributed by atoms with Crippen LogP contribution >= 0.6 is 0 Å². The maximum atomic E-state index is 15.4. The molecule has 0 amide bonds. The number of allylic oxidation sites excluding steroid dienone is 1. The number of hydrogen-bond donors (Lipinski definition) is 1. The molecule has 2 atom stereocenters. The fourth-order valence-electron chi connectivity index (χ4n) is 5.46. The molecular formula is C28H29F2N5O5. The number of carbonyl (C=O) groups is 1. The molecule has 0 unspecified atom stereocenters. The van der Waals surface area contributed by atoms with E-state index in [2.05, 4.69) is 26.8 Å². The zero-order valence-corrected chi connectivity index (χ0v) is 22.2. The van der Waals surface area contributed by atoms with Crippen LogP contribution in [0.4, 0.5) is 20.4 Å². The maximum absolute atomic E-state index is 15.4. The monoisotopic (exact) mass is 553 g/mol. The number of hydrogen-bond acceptors (Lipinski definition) is 10. The molecule has 0 aliphatic carbocycles. The molecule has 1 aromatic carbocycles. The molecule has 5 heterocycles. The SMILES string of the molecule is C=CC(=O)C[C@H]1COC[C@H]1Nc1cc2c(N3CC4(CCO4)C3)nc(-c3c(F)c(OC)cc(OC)c3F)nc2cn1. The molecular weight excluding hydrogens is 524 g/mol. The van der Waals surface area contributed by atoms with Crippen molar-refractivity contribution in [3.8, 4) is 22.9 Å². The zero-order chi connectivity index (χ0) is 28.0. The molecule has 6 rings (SSSR count). The Kier molecular flexibility index (Phi) is 6.75. The lowest BCUT2D eigenvalue weighted by molar-refractivity contribution is -0.161. The first-order valence-corrected chi connectivity index (χ1v) is 13.0. The van der Waals surface area contributed by atoms with E-state index in [0.29, 0.717) is 61.9 Å². The van der Waals surface area contributed by atoms with Gasteiger partial charge in [0.15, 0.2) is 34.7 Å². The van der Waals surface area contributed by atoms with Crippen molar-refractivity contribution in [3.63, 3.8) is 0 Å². The second-order valence-electron chi connectivity index (χ2n) is 10.3. The Bertz CT molecular complexity index is 1460. The molecule has 3 aliphatic rings. The molecule has 3 aliphatic heterocycles. The van der Waals surface area contributed by atoms with Crippen LogP contribution in [0.15, 0.2) is 31.0 Å². The van der Waals surface area contributed by atoms with E-state index in [4.69, 9.17) is 18.9 Å². The lowest BCUT2D eigenvalue weighted by atomic mass is 9.86. The van der Waals surface area contributed by atoms with Crippen molar-refractivity contribution in [1.82, 2.24) is 15.0 Å². The molecule has 0 bridgehead atoms. The molecule has 10 nitrogen and oxygen atoms in total. The smallest absolute Gasteiger partial charge is 0.179 e. The van der Waals surface area contributed by atoms with Gasteiger partial charge >= 0.3 is 0 Å². The van der Waals surface area contributed by atoms with Crippen molar-refractivity contribution in [2.75, 3.05) is 57.3 Å². The number of ether oxygens (including phenoxy) is 4. The minimum absolute atomic E-state index is 0.0268. The second kappa shape index (κ2) is 10.3. The average molecular weight is 554 g/mol. The summed E-state index contributed by atoms with van der Waals surface area (Å²) in [6.45, 7) is 6.34. The summed E-state index contributed by atoms with van der Waals surface area (Å²) >= 11 is 0. The van der Waals surface area contributed by atoms with Crippen LogP contribution in [0.3, 0.4) is 0 Å². The quantitative estimate of drug-likeness (QED) is 0.396. The number of nitrogens with one attached hydrogen (secondary N) is 1. The van der Waals surface area contributed by atoms with E-state index in [1.165, 1.54) is 26.5 Å². The normalized spacial score (nSPS) is 21.1. The van der Waals surface area contributed by atoms with E-state index in [0.717, 1.165) is 12.5 Å². The summed E-state index contributed by atoms with van der Waals surface area (Å²) < 4.78 is 52.4. The van der Waals surface area contributed by atoms with Crippen molar-refractivity contribution < 1.29 is 32.5 Å².